The average molecular weight is 269 g/mol. The molecule has 0 saturated carbocycles. The second kappa shape index (κ2) is 5.59. The van der Waals surface area contributed by atoms with E-state index >= 15 is 0 Å². The molecular formula is C16H19N3O. The first kappa shape index (κ1) is 13.1. The molecule has 1 aliphatic rings. The molecule has 0 amide bonds. The molecule has 2 aromatic rings. The van der Waals surface area contributed by atoms with Gasteiger partial charge in [0.05, 0.1) is 5.60 Å². The molecule has 4 nitrogen and oxygen atoms in total. The van der Waals surface area contributed by atoms with E-state index in [-0.39, 0.29) is 0 Å². The lowest BCUT2D eigenvalue weighted by Crippen LogP contribution is -2.46. The minimum atomic E-state index is -0.605. The van der Waals surface area contributed by atoms with E-state index in [0.717, 1.165) is 38.3 Å². The van der Waals surface area contributed by atoms with Gasteiger partial charge in [0, 0.05) is 31.9 Å². The topological polar surface area (TPSA) is 49.2 Å². The van der Waals surface area contributed by atoms with Gasteiger partial charge in [-0.05, 0) is 24.5 Å². The second-order valence-electron chi connectivity index (χ2n) is 5.42. The molecule has 20 heavy (non-hydrogen) atoms. The maximum absolute atomic E-state index is 10.7. The SMILES string of the molecule is OC1(Cc2ccccc2)CCN(c2ncccn2)CC1. The third-order valence-electron chi connectivity index (χ3n) is 3.91. The molecule has 0 spiro atoms. The first-order chi connectivity index (χ1) is 9.75. The minimum absolute atomic E-state index is 0.605. The van der Waals surface area contributed by atoms with E-state index in [2.05, 4.69) is 27.0 Å². The van der Waals surface area contributed by atoms with E-state index in [1.807, 2.05) is 24.3 Å². The van der Waals surface area contributed by atoms with Crippen molar-refractivity contribution in [3.05, 3.63) is 54.4 Å². The van der Waals surface area contributed by atoms with Crippen LogP contribution in [-0.2, 0) is 6.42 Å². The predicted molar refractivity (Wildman–Crippen MR) is 78.6 cm³/mol. The second-order valence-corrected chi connectivity index (χ2v) is 5.42. The molecule has 1 aromatic carbocycles. The van der Waals surface area contributed by atoms with Crippen LogP contribution in [0.5, 0.6) is 0 Å². The Morgan fingerprint density at radius 3 is 2.30 bits per heavy atom. The first-order valence-electron chi connectivity index (χ1n) is 7.03. The number of piperidine rings is 1. The molecule has 1 saturated heterocycles. The van der Waals surface area contributed by atoms with E-state index < -0.39 is 5.60 Å². The molecule has 1 aromatic heterocycles. The highest BCUT2D eigenvalue weighted by atomic mass is 16.3. The van der Waals surface area contributed by atoms with Gasteiger partial charge in [0.1, 0.15) is 0 Å². The van der Waals surface area contributed by atoms with Crippen molar-refractivity contribution in [3.63, 3.8) is 0 Å². The van der Waals surface area contributed by atoms with E-state index in [9.17, 15) is 5.11 Å². The molecule has 1 aliphatic heterocycles. The van der Waals surface area contributed by atoms with Crippen LogP contribution >= 0.6 is 0 Å². The molecule has 0 radical (unpaired) electrons. The Balaban J connectivity index is 1.63. The average Bonchev–Trinajstić information content (AvgIpc) is 2.50. The molecule has 0 atom stereocenters. The zero-order valence-electron chi connectivity index (χ0n) is 11.4. The minimum Gasteiger partial charge on any atom is -0.389 e. The van der Waals surface area contributed by atoms with E-state index in [1.54, 1.807) is 12.4 Å². The van der Waals surface area contributed by atoms with Crippen molar-refractivity contribution in [2.45, 2.75) is 24.9 Å². The van der Waals surface area contributed by atoms with E-state index in [1.165, 1.54) is 5.56 Å². The number of aromatic nitrogens is 2. The summed E-state index contributed by atoms with van der Waals surface area (Å²) in [6.07, 6.45) is 5.73. The molecular weight excluding hydrogens is 250 g/mol. The molecule has 1 fully saturated rings. The Hall–Kier alpha value is -1.94. The summed E-state index contributed by atoms with van der Waals surface area (Å²) in [5.41, 5.74) is 0.589. The summed E-state index contributed by atoms with van der Waals surface area (Å²) in [5, 5.41) is 10.7. The van der Waals surface area contributed by atoms with Crippen LogP contribution in [0.4, 0.5) is 5.95 Å². The van der Waals surface area contributed by atoms with Crippen LogP contribution in [0.15, 0.2) is 48.8 Å². The van der Waals surface area contributed by atoms with Crippen LogP contribution in [0.1, 0.15) is 18.4 Å². The van der Waals surface area contributed by atoms with Gasteiger partial charge in [0.2, 0.25) is 5.95 Å². The summed E-state index contributed by atoms with van der Waals surface area (Å²) >= 11 is 0. The van der Waals surface area contributed by atoms with Crippen molar-refractivity contribution in [1.82, 2.24) is 9.97 Å². The van der Waals surface area contributed by atoms with Crippen molar-refractivity contribution >= 4 is 5.95 Å². The summed E-state index contributed by atoms with van der Waals surface area (Å²) in [4.78, 5) is 10.7. The molecule has 4 heteroatoms. The Morgan fingerprint density at radius 2 is 1.65 bits per heavy atom. The summed E-state index contributed by atoms with van der Waals surface area (Å²) in [5.74, 6) is 0.759. The van der Waals surface area contributed by atoms with E-state index in [4.69, 9.17) is 0 Å². The number of aliphatic hydroxyl groups is 1. The van der Waals surface area contributed by atoms with Crippen LogP contribution in [0.2, 0.25) is 0 Å². The highest BCUT2D eigenvalue weighted by Gasteiger charge is 2.33. The molecule has 0 unspecified atom stereocenters. The molecule has 104 valence electrons. The van der Waals surface area contributed by atoms with Crippen molar-refractivity contribution in [2.24, 2.45) is 0 Å². The molecule has 0 aliphatic carbocycles. The highest BCUT2D eigenvalue weighted by molar-refractivity contribution is 5.30. The lowest BCUT2D eigenvalue weighted by Gasteiger charge is -2.38. The van der Waals surface area contributed by atoms with Gasteiger partial charge in [0.15, 0.2) is 0 Å². The fourth-order valence-electron chi connectivity index (χ4n) is 2.73. The Morgan fingerprint density at radius 1 is 1.00 bits per heavy atom. The van der Waals surface area contributed by atoms with Crippen molar-refractivity contribution in [2.75, 3.05) is 18.0 Å². The number of benzene rings is 1. The molecule has 2 heterocycles. The summed E-state index contributed by atoms with van der Waals surface area (Å²) in [6, 6.07) is 12.0. The van der Waals surface area contributed by atoms with Gasteiger partial charge in [-0.3, -0.25) is 0 Å². The predicted octanol–water partition coefficient (Wildman–Crippen LogP) is 2.05. The smallest absolute Gasteiger partial charge is 0.225 e. The zero-order chi connectivity index (χ0) is 13.8. The van der Waals surface area contributed by atoms with Gasteiger partial charge in [-0.15, -0.1) is 0 Å². The number of nitrogens with zero attached hydrogens (tertiary/aromatic N) is 3. The maximum Gasteiger partial charge on any atom is 0.225 e. The molecule has 1 N–H and O–H groups in total. The van der Waals surface area contributed by atoms with Crippen LogP contribution in [0, 0.1) is 0 Å². The Kier molecular flexibility index (Phi) is 3.65. The maximum atomic E-state index is 10.7. The quantitative estimate of drug-likeness (QED) is 0.926. The van der Waals surface area contributed by atoms with Gasteiger partial charge in [-0.25, -0.2) is 9.97 Å². The number of rotatable bonds is 3. The van der Waals surface area contributed by atoms with Gasteiger partial charge in [-0.1, -0.05) is 30.3 Å². The van der Waals surface area contributed by atoms with Crippen LogP contribution in [-0.4, -0.2) is 33.8 Å². The third kappa shape index (κ3) is 2.96. The Bertz CT molecular complexity index is 536. The number of anilines is 1. The lowest BCUT2D eigenvalue weighted by molar-refractivity contribution is 0.0163. The van der Waals surface area contributed by atoms with Gasteiger partial charge in [-0.2, -0.15) is 0 Å². The summed E-state index contributed by atoms with van der Waals surface area (Å²) in [6.45, 7) is 1.60. The number of hydrogen-bond acceptors (Lipinski definition) is 4. The fraction of sp³-hybridized carbons (Fsp3) is 0.375. The van der Waals surface area contributed by atoms with Gasteiger partial charge in [0.25, 0.3) is 0 Å². The zero-order valence-corrected chi connectivity index (χ0v) is 11.4. The Labute approximate surface area is 119 Å². The van der Waals surface area contributed by atoms with Crippen LogP contribution in [0.25, 0.3) is 0 Å². The monoisotopic (exact) mass is 269 g/mol. The van der Waals surface area contributed by atoms with Crippen molar-refractivity contribution in [3.8, 4) is 0 Å². The van der Waals surface area contributed by atoms with Crippen LogP contribution < -0.4 is 4.90 Å². The highest BCUT2D eigenvalue weighted by Crippen LogP contribution is 2.27. The van der Waals surface area contributed by atoms with Crippen LogP contribution in [0.3, 0.4) is 0 Å². The summed E-state index contributed by atoms with van der Waals surface area (Å²) in [7, 11) is 0. The van der Waals surface area contributed by atoms with Gasteiger partial charge >= 0.3 is 0 Å². The fourth-order valence-corrected chi connectivity index (χ4v) is 2.73. The summed E-state index contributed by atoms with van der Waals surface area (Å²) < 4.78 is 0. The van der Waals surface area contributed by atoms with Crippen molar-refractivity contribution in [1.29, 1.82) is 0 Å². The van der Waals surface area contributed by atoms with E-state index in [0.29, 0.717) is 0 Å². The largest absolute Gasteiger partial charge is 0.389 e. The lowest BCUT2D eigenvalue weighted by atomic mass is 9.85. The first-order valence-corrected chi connectivity index (χ1v) is 7.03. The van der Waals surface area contributed by atoms with Gasteiger partial charge < -0.3 is 10.0 Å². The number of hydrogen-bond donors (Lipinski definition) is 1. The molecule has 0 bridgehead atoms. The standard InChI is InChI=1S/C16H19N3O/c20-16(13-14-5-2-1-3-6-14)7-11-19(12-8-16)15-17-9-4-10-18-15/h1-6,9-10,20H,7-8,11-13H2. The van der Waals surface area contributed by atoms with Crippen molar-refractivity contribution < 1.29 is 5.11 Å². The normalized spacial score (nSPS) is 17.9. The molecule has 3 rings (SSSR count). The third-order valence-corrected chi connectivity index (χ3v) is 3.91.